The molecule has 0 N–H and O–H groups in total. The largest absolute Gasteiger partial charge is 0.245 e. The van der Waals surface area contributed by atoms with E-state index < -0.39 is 0 Å². The third-order valence-corrected chi connectivity index (χ3v) is 2.93. The van der Waals surface area contributed by atoms with Gasteiger partial charge in [0, 0.05) is 6.42 Å². The molecule has 0 radical (unpaired) electrons. The van der Waals surface area contributed by atoms with E-state index in [1.54, 1.807) is 11.3 Å². The molecule has 0 bridgehead atoms. The Balaban J connectivity index is 2.96. The minimum atomic E-state index is 0.349. The van der Waals surface area contributed by atoms with Gasteiger partial charge in [-0.3, -0.25) is 0 Å². The summed E-state index contributed by atoms with van der Waals surface area (Å²) in [5, 5.41) is 10.0. The van der Waals surface area contributed by atoms with Crippen LogP contribution in [-0.4, -0.2) is 4.98 Å². The summed E-state index contributed by atoms with van der Waals surface area (Å²) in [7, 11) is 0. The van der Waals surface area contributed by atoms with Crippen molar-refractivity contribution in [2.24, 2.45) is 5.92 Å². The minimum absolute atomic E-state index is 0.349. The molecule has 0 aromatic carbocycles. The molecule has 1 rings (SSSR count). The molecule has 1 aromatic heterocycles. The fourth-order valence-electron chi connectivity index (χ4n) is 1.29. The predicted molar refractivity (Wildman–Crippen MR) is 59.5 cm³/mol. The van der Waals surface area contributed by atoms with Crippen LogP contribution in [0.25, 0.3) is 0 Å². The van der Waals surface area contributed by atoms with Crippen LogP contribution < -0.4 is 0 Å². The Bertz CT molecular complexity index is 345. The smallest absolute Gasteiger partial charge is 0.128 e. The molecule has 0 aliphatic heterocycles. The average Bonchev–Trinajstić information content (AvgIpc) is 2.46. The van der Waals surface area contributed by atoms with Gasteiger partial charge in [-0.1, -0.05) is 27.7 Å². The first-order valence-electron chi connectivity index (χ1n) is 4.94. The maximum atomic E-state index is 8.94. The second kappa shape index (κ2) is 4.56. The van der Waals surface area contributed by atoms with Gasteiger partial charge in [0.05, 0.1) is 10.7 Å². The van der Waals surface area contributed by atoms with E-state index in [0.29, 0.717) is 11.8 Å². The van der Waals surface area contributed by atoms with Crippen LogP contribution in [0.15, 0.2) is 0 Å². The fourth-order valence-corrected chi connectivity index (χ4v) is 2.51. The summed E-state index contributed by atoms with van der Waals surface area (Å²) in [4.78, 5) is 5.30. The molecule has 0 amide bonds. The maximum Gasteiger partial charge on any atom is 0.128 e. The number of rotatable bonds is 3. The molecule has 14 heavy (non-hydrogen) atoms. The van der Waals surface area contributed by atoms with Crippen LogP contribution in [0, 0.1) is 17.2 Å². The van der Waals surface area contributed by atoms with E-state index in [9.17, 15) is 0 Å². The number of nitrogens with zero attached hydrogens (tertiary/aromatic N) is 2. The summed E-state index contributed by atoms with van der Waals surface area (Å²) < 4.78 is 0. The molecule has 2 nitrogen and oxygen atoms in total. The van der Waals surface area contributed by atoms with Gasteiger partial charge in [0.15, 0.2) is 0 Å². The summed E-state index contributed by atoms with van der Waals surface area (Å²) in [5.74, 6) is 0.953. The Morgan fingerprint density at radius 1 is 1.36 bits per heavy atom. The second-order valence-corrected chi connectivity index (χ2v) is 5.27. The fraction of sp³-hybridized carbons (Fsp3) is 0.636. The first-order chi connectivity index (χ1) is 6.54. The normalized spacial score (nSPS) is 10.9. The summed E-state index contributed by atoms with van der Waals surface area (Å²) in [6.45, 7) is 8.50. The quantitative estimate of drug-likeness (QED) is 0.764. The van der Waals surface area contributed by atoms with E-state index in [1.165, 1.54) is 0 Å². The van der Waals surface area contributed by atoms with E-state index in [0.717, 1.165) is 22.0 Å². The van der Waals surface area contributed by atoms with Crippen molar-refractivity contribution in [3.63, 3.8) is 0 Å². The highest BCUT2D eigenvalue weighted by Crippen LogP contribution is 2.25. The van der Waals surface area contributed by atoms with E-state index in [2.05, 4.69) is 38.7 Å². The molecule has 0 saturated heterocycles. The standard InChI is InChI=1S/C11H16N2S/c1-7(2)5-10-13-11(8(3)4)9(6-12)14-10/h7-8H,5H2,1-4H3. The van der Waals surface area contributed by atoms with Gasteiger partial charge < -0.3 is 0 Å². The highest BCUT2D eigenvalue weighted by molar-refractivity contribution is 7.12. The van der Waals surface area contributed by atoms with Crippen molar-refractivity contribution >= 4 is 11.3 Å². The lowest BCUT2D eigenvalue weighted by atomic mass is 10.1. The van der Waals surface area contributed by atoms with Crippen molar-refractivity contribution in [2.75, 3.05) is 0 Å². The summed E-state index contributed by atoms with van der Waals surface area (Å²) in [6, 6.07) is 2.23. The number of hydrogen-bond donors (Lipinski definition) is 0. The Labute approximate surface area is 89.6 Å². The van der Waals surface area contributed by atoms with Crippen molar-refractivity contribution in [3.8, 4) is 6.07 Å². The molecule has 0 atom stereocenters. The zero-order chi connectivity index (χ0) is 10.7. The highest BCUT2D eigenvalue weighted by atomic mass is 32.1. The first kappa shape index (κ1) is 11.2. The zero-order valence-corrected chi connectivity index (χ0v) is 9.98. The first-order valence-corrected chi connectivity index (χ1v) is 5.76. The maximum absolute atomic E-state index is 8.94. The van der Waals surface area contributed by atoms with Crippen LogP contribution in [0.4, 0.5) is 0 Å². The average molecular weight is 208 g/mol. The number of thiazole rings is 1. The van der Waals surface area contributed by atoms with Crippen LogP contribution in [0.3, 0.4) is 0 Å². The summed E-state index contributed by atoms with van der Waals surface area (Å²) in [6.07, 6.45) is 0.978. The van der Waals surface area contributed by atoms with Crippen LogP contribution in [0.2, 0.25) is 0 Å². The topological polar surface area (TPSA) is 36.7 Å². The Morgan fingerprint density at radius 2 is 2.00 bits per heavy atom. The van der Waals surface area contributed by atoms with Crippen molar-refractivity contribution in [1.29, 1.82) is 5.26 Å². The molecule has 0 unspecified atom stereocenters. The van der Waals surface area contributed by atoms with Crippen molar-refractivity contribution in [3.05, 3.63) is 15.6 Å². The van der Waals surface area contributed by atoms with E-state index in [4.69, 9.17) is 5.26 Å². The van der Waals surface area contributed by atoms with Gasteiger partial charge in [-0.2, -0.15) is 5.26 Å². The molecule has 0 fully saturated rings. The molecule has 1 aromatic rings. The van der Waals surface area contributed by atoms with Gasteiger partial charge in [0.1, 0.15) is 10.9 Å². The van der Waals surface area contributed by atoms with Crippen molar-refractivity contribution < 1.29 is 0 Å². The van der Waals surface area contributed by atoms with E-state index in [-0.39, 0.29) is 0 Å². The van der Waals surface area contributed by atoms with Gasteiger partial charge in [-0.15, -0.1) is 11.3 Å². The number of aromatic nitrogens is 1. The monoisotopic (exact) mass is 208 g/mol. The van der Waals surface area contributed by atoms with Gasteiger partial charge in [0.2, 0.25) is 0 Å². The lowest BCUT2D eigenvalue weighted by Gasteiger charge is -2.00. The van der Waals surface area contributed by atoms with E-state index in [1.807, 2.05) is 0 Å². The zero-order valence-electron chi connectivity index (χ0n) is 9.16. The van der Waals surface area contributed by atoms with Gasteiger partial charge in [0.25, 0.3) is 0 Å². The molecular formula is C11H16N2S. The SMILES string of the molecule is CC(C)Cc1nc(C(C)C)c(C#N)s1. The molecule has 0 aliphatic rings. The lowest BCUT2D eigenvalue weighted by molar-refractivity contribution is 0.641. The highest BCUT2D eigenvalue weighted by Gasteiger charge is 2.14. The molecular weight excluding hydrogens is 192 g/mol. The number of nitriles is 1. The third kappa shape index (κ3) is 2.55. The molecule has 0 aliphatic carbocycles. The molecule has 76 valence electrons. The lowest BCUT2D eigenvalue weighted by Crippen LogP contribution is -1.95. The van der Waals surface area contributed by atoms with Crippen LogP contribution in [-0.2, 0) is 6.42 Å². The van der Waals surface area contributed by atoms with Crippen molar-refractivity contribution in [2.45, 2.75) is 40.0 Å². The second-order valence-electron chi connectivity index (χ2n) is 4.19. The Morgan fingerprint density at radius 3 is 2.36 bits per heavy atom. The van der Waals surface area contributed by atoms with Crippen LogP contribution in [0.1, 0.15) is 49.2 Å². The van der Waals surface area contributed by atoms with Gasteiger partial charge in [-0.05, 0) is 11.8 Å². The Hall–Kier alpha value is -0.880. The molecule has 1 heterocycles. The summed E-state index contributed by atoms with van der Waals surface area (Å²) >= 11 is 1.54. The van der Waals surface area contributed by atoms with E-state index >= 15 is 0 Å². The molecule has 0 spiro atoms. The van der Waals surface area contributed by atoms with Crippen LogP contribution >= 0.6 is 11.3 Å². The summed E-state index contributed by atoms with van der Waals surface area (Å²) in [5.41, 5.74) is 0.966. The van der Waals surface area contributed by atoms with Gasteiger partial charge in [-0.25, -0.2) is 4.98 Å². The minimum Gasteiger partial charge on any atom is -0.245 e. The predicted octanol–water partition coefficient (Wildman–Crippen LogP) is 3.34. The molecule has 3 heteroatoms. The number of hydrogen-bond acceptors (Lipinski definition) is 3. The third-order valence-electron chi connectivity index (χ3n) is 1.93. The van der Waals surface area contributed by atoms with Gasteiger partial charge >= 0.3 is 0 Å². The van der Waals surface area contributed by atoms with Crippen LogP contribution in [0.5, 0.6) is 0 Å². The molecule has 0 saturated carbocycles. The van der Waals surface area contributed by atoms with Crippen molar-refractivity contribution in [1.82, 2.24) is 4.98 Å². The Kier molecular flexibility index (Phi) is 3.65.